The van der Waals surface area contributed by atoms with E-state index in [1.807, 2.05) is 19.1 Å². The number of nitrogens with one attached hydrogen (secondary N) is 2. The molecule has 0 aliphatic carbocycles. The zero-order chi connectivity index (χ0) is 24.2. The summed E-state index contributed by atoms with van der Waals surface area (Å²) in [5, 5.41) is 2.70. The number of pyridine rings is 3. The number of methoxy groups -OCH3 is 1. The molecule has 0 spiro atoms. The Morgan fingerprint density at radius 3 is 2.56 bits per heavy atom. The number of hydrogen-bond acceptors (Lipinski definition) is 7. The molecule has 0 radical (unpaired) electrons. The van der Waals surface area contributed by atoms with E-state index >= 15 is 0 Å². The first kappa shape index (κ1) is 22.7. The number of anilines is 1. The second-order valence-electron chi connectivity index (χ2n) is 7.53. The van der Waals surface area contributed by atoms with Gasteiger partial charge in [0.05, 0.1) is 23.8 Å². The molecule has 10 nitrogen and oxygen atoms in total. The molecule has 0 aliphatic heterocycles. The van der Waals surface area contributed by atoms with Crippen molar-refractivity contribution in [3.8, 4) is 28.3 Å². The molecule has 2 amide bonds. The molecule has 1 atom stereocenters. The lowest BCUT2D eigenvalue weighted by Gasteiger charge is -2.15. The minimum atomic E-state index is -0.850. The lowest BCUT2D eigenvalue weighted by atomic mass is 10.0. The smallest absolute Gasteiger partial charge is 0.405 e. The van der Waals surface area contributed by atoms with Gasteiger partial charge in [0.25, 0.3) is 0 Å². The number of primary amides is 1. The van der Waals surface area contributed by atoms with E-state index in [9.17, 15) is 9.59 Å². The summed E-state index contributed by atoms with van der Waals surface area (Å²) in [6.45, 7) is 3.33. The van der Waals surface area contributed by atoms with Gasteiger partial charge < -0.3 is 25.5 Å². The van der Waals surface area contributed by atoms with Crippen LogP contribution in [0.25, 0.3) is 33.4 Å². The van der Waals surface area contributed by atoms with Gasteiger partial charge in [-0.05, 0) is 30.7 Å². The number of nitrogens with zero attached hydrogens (tertiary/aromatic N) is 3. The summed E-state index contributed by atoms with van der Waals surface area (Å²) >= 11 is 0. The zero-order valence-corrected chi connectivity index (χ0v) is 19.0. The van der Waals surface area contributed by atoms with Crippen molar-refractivity contribution in [3.05, 3.63) is 54.5 Å². The van der Waals surface area contributed by atoms with E-state index in [0.29, 0.717) is 29.2 Å². The van der Waals surface area contributed by atoms with Crippen molar-refractivity contribution >= 4 is 28.9 Å². The third-order valence-corrected chi connectivity index (χ3v) is 5.28. The maximum absolute atomic E-state index is 11.6. The molecule has 174 valence electrons. The highest BCUT2D eigenvalue weighted by Crippen LogP contribution is 2.40. The summed E-state index contributed by atoms with van der Waals surface area (Å²) in [4.78, 5) is 39.7. The molecule has 0 fully saturated rings. The van der Waals surface area contributed by atoms with Gasteiger partial charge in [-0.2, -0.15) is 0 Å². The molecule has 0 aliphatic rings. The molecule has 4 aromatic rings. The van der Waals surface area contributed by atoms with Crippen LogP contribution in [0.5, 0.6) is 5.88 Å². The Hall–Kier alpha value is -4.47. The Bertz CT molecular complexity index is 1350. The Morgan fingerprint density at radius 1 is 1.12 bits per heavy atom. The fourth-order valence-electron chi connectivity index (χ4n) is 3.86. The largest absolute Gasteiger partial charge is 0.481 e. The van der Waals surface area contributed by atoms with Crippen LogP contribution in [-0.2, 0) is 9.53 Å². The van der Waals surface area contributed by atoms with Crippen LogP contribution in [0.1, 0.15) is 31.9 Å². The van der Waals surface area contributed by atoms with Crippen LogP contribution in [0, 0.1) is 0 Å². The molecule has 4 aromatic heterocycles. The molecule has 0 saturated heterocycles. The second kappa shape index (κ2) is 9.57. The number of aromatic nitrogens is 4. The highest BCUT2D eigenvalue weighted by atomic mass is 16.6. The van der Waals surface area contributed by atoms with Gasteiger partial charge in [0.15, 0.2) is 0 Å². The lowest BCUT2D eigenvalue weighted by molar-refractivity contribution is -0.114. The number of carbonyl (C=O) groups is 2. The van der Waals surface area contributed by atoms with Crippen LogP contribution in [0.2, 0.25) is 0 Å². The number of carbonyl (C=O) groups excluding carboxylic acids is 2. The summed E-state index contributed by atoms with van der Waals surface area (Å²) in [6.07, 6.45) is 4.10. The van der Waals surface area contributed by atoms with Gasteiger partial charge >= 0.3 is 6.09 Å². The molecule has 1 unspecified atom stereocenters. The molecule has 4 rings (SSSR count). The topological polar surface area (TPSA) is 145 Å². The average Bonchev–Trinajstić information content (AvgIpc) is 3.22. The van der Waals surface area contributed by atoms with Crippen LogP contribution in [-0.4, -0.2) is 39.0 Å². The van der Waals surface area contributed by atoms with Gasteiger partial charge in [-0.3, -0.25) is 9.78 Å². The Kier molecular flexibility index (Phi) is 6.39. The maximum Gasteiger partial charge on any atom is 0.405 e. The Labute approximate surface area is 195 Å². The normalized spacial score (nSPS) is 11.7. The van der Waals surface area contributed by atoms with Gasteiger partial charge in [-0.1, -0.05) is 6.92 Å². The second-order valence-corrected chi connectivity index (χ2v) is 7.53. The molecular weight excluding hydrogens is 436 g/mol. The van der Waals surface area contributed by atoms with Crippen molar-refractivity contribution < 1.29 is 19.1 Å². The number of H-pyrrole nitrogens is 1. The van der Waals surface area contributed by atoms with Crippen molar-refractivity contribution in [2.45, 2.75) is 26.4 Å². The van der Waals surface area contributed by atoms with Crippen LogP contribution < -0.4 is 15.8 Å². The quantitative estimate of drug-likeness (QED) is 0.375. The number of hydrogen-bond donors (Lipinski definition) is 3. The third kappa shape index (κ3) is 4.51. The molecule has 0 aromatic carbocycles. The molecule has 4 heterocycles. The van der Waals surface area contributed by atoms with Crippen LogP contribution in [0.3, 0.4) is 0 Å². The zero-order valence-electron chi connectivity index (χ0n) is 19.0. The monoisotopic (exact) mass is 460 g/mol. The van der Waals surface area contributed by atoms with Crippen molar-refractivity contribution in [2.24, 2.45) is 5.73 Å². The van der Waals surface area contributed by atoms with Gasteiger partial charge in [-0.25, -0.2) is 14.8 Å². The van der Waals surface area contributed by atoms with Crippen molar-refractivity contribution in [1.82, 2.24) is 19.9 Å². The average molecular weight is 460 g/mol. The number of aromatic amines is 1. The number of ether oxygens (including phenoxy) is 2. The maximum atomic E-state index is 11.6. The fraction of sp³-hybridized carbons (Fsp3) is 0.208. The van der Waals surface area contributed by atoms with E-state index < -0.39 is 12.2 Å². The molecule has 10 heteroatoms. The summed E-state index contributed by atoms with van der Waals surface area (Å²) in [7, 11) is 1.55. The van der Waals surface area contributed by atoms with Crippen molar-refractivity contribution in [3.63, 3.8) is 0 Å². The standard InChI is InChI=1S/C24H24N6O4/c1-4-17(34-24(25)32)16-8-10-27-23-20(15-5-6-19(33-3)28-12-15)21(30-22(16)23)14-7-9-26-18(11-14)29-13(2)31/h5-12,17,30H,4H2,1-3H3,(H2,25,32)(H,26,29,31). The fourth-order valence-corrected chi connectivity index (χ4v) is 3.86. The summed E-state index contributed by atoms with van der Waals surface area (Å²) in [5.41, 5.74) is 10.5. The van der Waals surface area contributed by atoms with E-state index in [4.69, 9.17) is 15.2 Å². The summed E-state index contributed by atoms with van der Waals surface area (Å²) in [5.74, 6) is 0.676. The number of amides is 2. The van der Waals surface area contributed by atoms with E-state index in [0.717, 1.165) is 27.9 Å². The molecular formula is C24H24N6O4. The molecule has 0 bridgehead atoms. The van der Waals surface area contributed by atoms with Crippen LogP contribution >= 0.6 is 0 Å². The predicted octanol–water partition coefficient (Wildman–Crippen LogP) is 4.20. The molecule has 4 N–H and O–H groups in total. The Morgan fingerprint density at radius 2 is 1.91 bits per heavy atom. The molecule has 34 heavy (non-hydrogen) atoms. The number of nitrogens with two attached hydrogens (primary N) is 1. The lowest BCUT2D eigenvalue weighted by Crippen LogP contribution is -2.17. The molecule has 0 saturated carbocycles. The van der Waals surface area contributed by atoms with E-state index in [2.05, 4.69) is 25.3 Å². The van der Waals surface area contributed by atoms with Gasteiger partial charge in [0.1, 0.15) is 11.9 Å². The van der Waals surface area contributed by atoms with E-state index in [1.54, 1.807) is 43.9 Å². The SMILES string of the molecule is CCC(OC(N)=O)c1ccnc2c(-c3ccc(OC)nc3)c(-c3ccnc(NC(C)=O)c3)[nH]c12. The van der Waals surface area contributed by atoms with Gasteiger partial charge in [0.2, 0.25) is 11.8 Å². The van der Waals surface area contributed by atoms with Crippen LogP contribution in [0.4, 0.5) is 10.6 Å². The van der Waals surface area contributed by atoms with Crippen molar-refractivity contribution in [2.75, 3.05) is 12.4 Å². The first-order valence-corrected chi connectivity index (χ1v) is 10.6. The minimum Gasteiger partial charge on any atom is -0.481 e. The third-order valence-electron chi connectivity index (χ3n) is 5.28. The predicted molar refractivity (Wildman–Crippen MR) is 127 cm³/mol. The van der Waals surface area contributed by atoms with Gasteiger partial charge in [0, 0.05) is 53.8 Å². The highest BCUT2D eigenvalue weighted by molar-refractivity contribution is 6.03. The van der Waals surface area contributed by atoms with Crippen molar-refractivity contribution in [1.29, 1.82) is 0 Å². The van der Waals surface area contributed by atoms with Crippen LogP contribution in [0.15, 0.2) is 48.9 Å². The minimum absolute atomic E-state index is 0.223. The summed E-state index contributed by atoms with van der Waals surface area (Å²) in [6, 6.07) is 9.05. The van der Waals surface area contributed by atoms with Gasteiger partial charge in [-0.15, -0.1) is 0 Å². The number of fused-ring (bicyclic) bond motifs is 1. The van der Waals surface area contributed by atoms with E-state index in [-0.39, 0.29) is 5.91 Å². The Balaban J connectivity index is 1.97. The van der Waals surface area contributed by atoms with E-state index in [1.165, 1.54) is 6.92 Å². The first-order valence-electron chi connectivity index (χ1n) is 10.6. The summed E-state index contributed by atoms with van der Waals surface area (Å²) < 4.78 is 10.6. The first-order chi connectivity index (χ1) is 16.4. The highest BCUT2D eigenvalue weighted by Gasteiger charge is 2.23. The number of rotatable bonds is 7.